The molecule has 2 unspecified atom stereocenters. The van der Waals surface area contributed by atoms with E-state index in [1.165, 1.54) is 5.57 Å². The molecule has 5 aliphatic heterocycles. The normalized spacial score (nSPS) is 22.6. The molecule has 48 heavy (non-hydrogen) atoms. The van der Waals surface area contributed by atoms with Crippen molar-refractivity contribution in [2.24, 2.45) is 5.92 Å². The maximum absolute atomic E-state index is 10.3. The van der Waals surface area contributed by atoms with Gasteiger partial charge in [-0.05, 0) is 55.4 Å². The molecule has 1 aliphatic carbocycles. The third-order valence-corrected chi connectivity index (χ3v) is 10.2. The molecule has 0 aromatic heterocycles. The molecule has 0 spiro atoms. The highest BCUT2D eigenvalue weighted by molar-refractivity contribution is 5.88. The summed E-state index contributed by atoms with van der Waals surface area (Å²) in [5.74, 6) is 0.409. The molecule has 9 nitrogen and oxygen atoms in total. The van der Waals surface area contributed by atoms with Gasteiger partial charge in [-0.1, -0.05) is 36.4 Å². The van der Waals surface area contributed by atoms with Crippen molar-refractivity contribution in [3.8, 4) is 12.1 Å². The molecule has 2 aromatic carbocycles. The van der Waals surface area contributed by atoms with Crippen LogP contribution in [0.25, 0.3) is 10.5 Å². The summed E-state index contributed by atoms with van der Waals surface area (Å²) < 4.78 is 2.14. The largest absolute Gasteiger partial charge is 0.437 e. The van der Waals surface area contributed by atoms with Gasteiger partial charge in [-0.25, -0.2) is 12.2 Å². The first-order valence-corrected chi connectivity index (χ1v) is 16.5. The number of nitriles is 2. The minimum Gasteiger partial charge on any atom is -0.437 e. The predicted molar refractivity (Wildman–Crippen MR) is 185 cm³/mol. The summed E-state index contributed by atoms with van der Waals surface area (Å²) in [4.78, 5) is 15.1. The molecule has 9 heteroatoms. The van der Waals surface area contributed by atoms with Gasteiger partial charge in [0.25, 0.3) is 0 Å². The highest BCUT2D eigenvalue weighted by Gasteiger charge is 2.44. The Morgan fingerprint density at radius 3 is 2.56 bits per heavy atom. The van der Waals surface area contributed by atoms with E-state index < -0.39 is 0 Å². The Morgan fingerprint density at radius 1 is 0.979 bits per heavy atom. The van der Waals surface area contributed by atoms with E-state index in [0.717, 1.165) is 67.4 Å². The zero-order valence-corrected chi connectivity index (χ0v) is 26.7. The van der Waals surface area contributed by atoms with E-state index in [0.29, 0.717) is 36.8 Å². The lowest BCUT2D eigenvalue weighted by molar-refractivity contribution is -0.500. The smallest absolute Gasteiger partial charge is 0.184 e. The number of anilines is 2. The quantitative estimate of drug-likeness (QED) is 0.279. The summed E-state index contributed by atoms with van der Waals surface area (Å²) in [6, 6.07) is 24.5. The van der Waals surface area contributed by atoms with Crippen LogP contribution in [-0.4, -0.2) is 58.1 Å². The summed E-state index contributed by atoms with van der Waals surface area (Å²) >= 11 is 0. The van der Waals surface area contributed by atoms with E-state index in [2.05, 4.69) is 94.6 Å². The average Bonchev–Trinajstić information content (AvgIpc) is 3.86. The van der Waals surface area contributed by atoms with Crippen LogP contribution in [0.1, 0.15) is 31.2 Å². The Morgan fingerprint density at radius 2 is 1.77 bits per heavy atom. The molecule has 0 bridgehead atoms. The van der Waals surface area contributed by atoms with Crippen molar-refractivity contribution in [2.75, 3.05) is 36.2 Å². The molecule has 1 saturated heterocycles. The summed E-state index contributed by atoms with van der Waals surface area (Å²) in [6.45, 7) is 10.9. The van der Waals surface area contributed by atoms with Gasteiger partial charge in [0.1, 0.15) is 35.9 Å². The predicted octanol–water partition coefficient (Wildman–Crippen LogP) is 6.19. The molecule has 8 rings (SSSR count). The standard InChI is InChI=1S/C39H35N9/c1-42-37-26-45(31-12-6-3-7-13-31)28-48(37)38-34-14-8-9-15-36(34)47-25-33(23-41)46-21-19-29(16-17-35(38)39(46)47)18-20-43-27-44(24-32(43)22-40)30-10-4-2-5-11-30/h2-15,24-26,29,39H,16-21,27-28H2/q-2. The fourth-order valence-corrected chi connectivity index (χ4v) is 7.79. The molecule has 5 heterocycles. The van der Waals surface area contributed by atoms with E-state index in [1.54, 1.807) is 0 Å². The van der Waals surface area contributed by atoms with Gasteiger partial charge in [0.05, 0.1) is 12.4 Å². The second-order valence-corrected chi connectivity index (χ2v) is 12.8. The molecular formula is C39H35N9-2. The van der Waals surface area contributed by atoms with Crippen LogP contribution in [0.5, 0.6) is 0 Å². The van der Waals surface area contributed by atoms with E-state index in [9.17, 15) is 10.5 Å². The number of nitrogens with zero attached hydrogens (tertiary/aromatic N) is 9. The number of fused-ring (bicyclic) bond motifs is 2. The van der Waals surface area contributed by atoms with Gasteiger partial charge in [-0.2, -0.15) is 22.7 Å². The van der Waals surface area contributed by atoms with Crippen LogP contribution in [0.15, 0.2) is 108 Å². The lowest BCUT2D eigenvalue weighted by Gasteiger charge is -2.45. The van der Waals surface area contributed by atoms with E-state index in [4.69, 9.17) is 6.57 Å². The third-order valence-electron chi connectivity index (χ3n) is 10.2. The van der Waals surface area contributed by atoms with Gasteiger partial charge in [0.2, 0.25) is 0 Å². The first-order chi connectivity index (χ1) is 23.7. The Kier molecular flexibility index (Phi) is 7.48. The molecule has 2 aromatic rings. The van der Waals surface area contributed by atoms with Gasteiger partial charge >= 0.3 is 0 Å². The summed E-state index contributed by atoms with van der Waals surface area (Å²) in [6.07, 6.45) is 20.4. The van der Waals surface area contributed by atoms with Crippen LogP contribution < -0.4 is 9.80 Å². The lowest BCUT2D eigenvalue weighted by Crippen LogP contribution is -2.47. The van der Waals surface area contributed by atoms with E-state index >= 15 is 0 Å². The van der Waals surface area contributed by atoms with Crippen molar-refractivity contribution in [1.29, 1.82) is 10.5 Å². The topological polar surface area (TPSA) is 71.1 Å². The highest BCUT2D eigenvalue weighted by Crippen LogP contribution is 2.49. The zero-order chi connectivity index (χ0) is 32.6. The molecule has 1 fully saturated rings. The summed E-state index contributed by atoms with van der Waals surface area (Å²) in [7, 11) is 0. The van der Waals surface area contributed by atoms with Gasteiger partial charge in [0, 0.05) is 54.7 Å². The molecule has 2 atom stereocenters. The summed E-state index contributed by atoms with van der Waals surface area (Å²) in [5, 5.41) is 20.3. The van der Waals surface area contributed by atoms with Crippen molar-refractivity contribution in [1.82, 2.24) is 14.7 Å². The van der Waals surface area contributed by atoms with Crippen LogP contribution in [0.4, 0.5) is 11.4 Å². The Labute approximate surface area is 282 Å². The number of hydrogen-bond donors (Lipinski definition) is 0. The van der Waals surface area contributed by atoms with Gasteiger partial charge in [0.15, 0.2) is 6.67 Å². The minimum absolute atomic E-state index is 0.102. The maximum atomic E-state index is 10.3. The first kappa shape index (κ1) is 29.3. The number of hydrogen-bond acceptors (Lipinski definition) is 7. The first-order valence-electron chi connectivity index (χ1n) is 16.5. The SMILES string of the molecule is [C-]#[N+][C-]1C=[N+]([C-]2C=C[CH-]C=C2)CN1C1=C2CCC(CCN3CN(c4ccccc4)C=C3C#N)CCN3C(C#N)=CN(c4ccccc41)C23. The Bertz CT molecular complexity index is 1900. The maximum Gasteiger partial charge on any atom is 0.184 e. The monoisotopic (exact) mass is 629 g/mol. The van der Waals surface area contributed by atoms with Crippen LogP contribution in [0.3, 0.4) is 0 Å². The van der Waals surface area contributed by atoms with Crippen LogP contribution >= 0.6 is 0 Å². The van der Waals surface area contributed by atoms with E-state index in [-0.39, 0.29) is 6.17 Å². The minimum atomic E-state index is -0.102. The van der Waals surface area contributed by atoms with Gasteiger partial charge in [-0.15, -0.1) is 0 Å². The van der Waals surface area contributed by atoms with Crippen molar-refractivity contribution in [3.63, 3.8) is 0 Å². The van der Waals surface area contributed by atoms with Crippen molar-refractivity contribution in [3.05, 3.63) is 144 Å². The molecule has 0 saturated carbocycles. The summed E-state index contributed by atoms with van der Waals surface area (Å²) in [5.41, 5.74) is 6.93. The highest BCUT2D eigenvalue weighted by atomic mass is 15.4. The van der Waals surface area contributed by atoms with Crippen LogP contribution in [0, 0.1) is 53.8 Å². The van der Waals surface area contributed by atoms with Gasteiger partial charge in [-0.3, -0.25) is 13.0 Å². The number of para-hydroxylation sites is 2. The zero-order valence-electron chi connectivity index (χ0n) is 26.7. The van der Waals surface area contributed by atoms with Crippen molar-refractivity contribution in [2.45, 2.75) is 31.8 Å². The van der Waals surface area contributed by atoms with Crippen molar-refractivity contribution >= 4 is 23.3 Å². The number of allylic oxidation sites excluding steroid dienone is 4. The van der Waals surface area contributed by atoms with Crippen LogP contribution in [-0.2, 0) is 0 Å². The fraction of sp³-hybridized carbons (Fsp3) is 0.256. The molecule has 0 amide bonds. The van der Waals surface area contributed by atoms with Gasteiger partial charge < -0.3 is 33.9 Å². The Balaban J connectivity index is 1.10. The second kappa shape index (κ2) is 12.2. The van der Waals surface area contributed by atoms with Crippen LogP contribution in [0.2, 0.25) is 0 Å². The molecule has 6 aliphatic rings. The number of rotatable bonds is 6. The molecule has 238 valence electrons. The third kappa shape index (κ3) is 5.00. The molecule has 0 radical (unpaired) electrons. The van der Waals surface area contributed by atoms with E-state index in [1.807, 2.05) is 55.4 Å². The average molecular weight is 630 g/mol. The van der Waals surface area contributed by atoms with Crippen molar-refractivity contribution < 1.29 is 4.58 Å². The fourth-order valence-electron chi connectivity index (χ4n) is 7.79. The number of benzene rings is 2. The Hall–Kier alpha value is -6.11. The molecular weight excluding hydrogens is 594 g/mol. The second-order valence-electron chi connectivity index (χ2n) is 12.8. The molecule has 0 N–H and O–H groups in total. The lowest BCUT2D eigenvalue weighted by atomic mass is 9.85.